The van der Waals surface area contributed by atoms with Crippen molar-refractivity contribution in [3.05, 3.63) is 47.7 Å². The third-order valence-corrected chi connectivity index (χ3v) is 3.77. The highest BCUT2D eigenvalue weighted by Gasteiger charge is 2.24. The van der Waals surface area contributed by atoms with E-state index in [2.05, 4.69) is 29.4 Å². The molecular weight excluding hydrogens is 276 g/mol. The largest absolute Gasteiger partial charge is 0.308 e. The molecule has 1 heterocycles. The maximum Gasteiger partial charge on any atom is 0.247 e. The van der Waals surface area contributed by atoms with E-state index in [9.17, 15) is 4.79 Å². The van der Waals surface area contributed by atoms with E-state index in [-0.39, 0.29) is 11.9 Å². The van der Waals surface area contributed by atoms with E-state index in [0.717, 1.165) is 17.8 Å². The summed E-state index contributed by atoms with van der Waals surface area (Å²) in [7, 11) is 1.95. The third-order valence-electron chi connectivity index (χ3n) is 3.77. The second kappa shape index (κ2) is 7.22. The number of nitrogens with zero attached hydrogens (tertiary/aromatic N) is 2. The van der Waals surface area contributed by atoms with Crippen molar-refractivity contribution in [2.75, 3.05) is 18.9 Å². The zero-order chi connectivity index (χ0) is 16.1. The highest BCUT2D eigenvalue weighted by Crippen LogP contribution is 2.22. The van der Waals surface area contributed by atoms with Gasteiger partial charge in [-0.2, -0.15) is 5.10 Å². The zero-order valence-corrected chi connectivity index (χ0v) is 13.6. The number of aromatic nitrogens is 2. The Labute approximate surface area is 131 Å². The first-order valence-electron chi connectivity index (χ1n) is 7.64. The highest BCUT2D eigenvalue weighted by atomic mass is 16.2. The maximum absolute atomic E-state index is 12.7. The maximum atomic E-state index is 12.7. The first-order valence-corrected chi connectivity index (χ1v) is 7.64. The Morgan fingerprint density at radius 3 is 2.55 bits per heavy atom. The Bertz CT molecular complexity index is 606. The highest BCUT2D eigenvalue weighted by molar-refractivity contribution is 5.94. The summed E-state index contributed by atoms with van der Waals surface area (Å²) < 4.78 is 0. The van der Waals surface area contributed by atoms with Gasteiger partial charge in [-0.3, -0.25) is 14.8 Å². The Hall–Kier alpha value is -2.14. The Balaban J connectivity index is 2.18. The standard InChI is InChI=1S/C17H24N4O/c1-5-21(4)16(13-9-7-6-8-10-13)17(22)18-15-11-14(12(2)3)19-20-15/h6-12,16H,5H2,1-4H3,(H2,18,19,20,22). The van der Waals surface area contributed by atoms with Crippen molar-refractivity contribution in [3.8, 4) is 0 Å². The number of hydrogen-bond donors (Lipinski definition) is 2. The van der Waals surface area contributed by atoms with Crippen LogP contribution in [0, 0.1) is 0 Å². The molecule has 0 aliphatic heterocycles. The number of hydrogen-bond acceptors (Lipinski definition) is 3. The quantitative estimate of drug-likeness (QED) is 0.861. The third kappa shape index (κ3) is 3.74. The van der Waals surface area contributed by atoms with Gasteiger partial charge in [-0.05, 0) is 25.1 Å². The van der Waals surface area contributed by atoms with Gasteiger partial charge in [0.1, 0.15) is 6.04 Å². The normalized spacial score (nSPS) is 12.6. The number of rotatable bonds is 6. The van der Waals surface area contributed by atoms with Gasteiger partial charge in [0, 0.05) is 11.8 Å². The van der Waals surface area contributed by atoms with E-state index in [1.54, 1.807) is 0 Å². The minimum Gasteiger partial charge on any atom is -0.308 e. The molecule has 0 saturated carbocycles. The monoisotopic (exact) mass is 300 g/mol. The molecule has 1 amide bonds. The Morgan fingerprint density at radius 2 is 2.00 bits per heavy atom. The van der Waals surface area contributed by atoms with Crippen molar-refractivity contribution in [1.82, 2.24) is 15.1 Å². The number of aromatic amines is 1. The molecule has 1 aromatic heterocycles. The van der Waals surface area contributed by atoms with Crippen LogP contribution in [0.5, 0.6) is 0 Å². The molecule has 0 radical (unpaired) electrons. The molecular formula is C17H24N4O. The van der Waals surface area contributed by atoms with Crippen molar-refractivity contribution >= 4 is 11.7 Å². The molecule has 5 nitrogen and oxygen atoms in total. The number of anilines is 1. The second-order valence-corrected chi connectivity index (χ2v) is 5.74. The number of carbonyl (C=O) groups is 1. The van der Waals surface area contributed by atoms with Crippen LogP contribution < -0.4 is 5.32 Å². The van der Waals surface area contributed by atoms with Gasteiger partial charge in [0.05, 0.1) is 0 Å². The Morgan fingerprint density at radius 1 is 1.32 bits per heavy atom. The smallest absolute Gasteiger partial charge is 0.247 e. The van der Waals surface area contributed by atoms with Crippen LogP contribution in [0.3, 0.4) is 0 Å². The van der Waals surface area contributed by atoms with Crippen LogP contribution in [0.25, 0.3) is 0 Å². The van der Waals surface area contributed by atoms with Gasteiger partial charge in [0.15, 0.2) is 5.82 Å². The first-order chi connectivity index (χ1) is 10.5. The van der Waals surface area contributed by atoms with E-state index in [1.807, 2.05) is 55.3 Å². The van der Waals surface area contributed by atoms with Gasteiger partial charge in [-0.15, -0.1) is 0 Å². The summed E-state index contributed by atoms with van der Waals surface area (Å²) in [6.45, 7) is 6.98. The van der Waals surface area contributed by atoms with Crippen molar-refractivity contribution in [2.24, 2.45) is 0 Å². The summed E-state index contributed by atoms with van der Waals surface area (Å²) in [4.78, 5) is 14.7. The summed E-state index contributed by atoms with van der Waals surface area (Å²) >= 11 is 0. The van der Waals surface area contributed by atoms with E-state index in [4.69, 9.17) is 0 Å². The lowest BCUT2D eigenvalue weighted by molar-refractivity contribution is -0.121. The molecule has 1 atom stereocenters. The summed E-state index contributed by atoms with van der Waals surface area (Å²) in [6.07, 6.45) is 0. The van der Waals surface area contributed by atoms with E-state index < -0.39 is 0 Å². The summed E-state index contributed by atoms with van der Waals surface area (Å²) in [5.41, 5.74) is 1.99. The van der Waals surface area contributed by atoms with Gasteiger partial charge >= 0.3 is 0 Å². The van der Waals surface area contributed by atoms with Gasteiger partial charge in [0.2, 0.25) is 5.91 Å². The number of amides is 1. The van der Waals surface area contributed by atoms with E-state index in [0.29, 0.717) is 11.7 Å². The fraction of sp³-hybridized carbons (Fsp3) is 0.412. The molecule has 0 spiro atoms. The fourth-order valence-electron chi connectivity index (χ4n) is 2.31. The average molecular weight is 300 g/mol. The van der Waals surface area contributed by atoms with Gasteiger partial charge in [-0.25, -0.2) is 0 Å². The molecule has 118 valence electrons. The van der Waals surface area contributed by atoms with Crippen molar-refractivity contribution in [2.45, 2.75) is 32.7 Å². The lowest BCUT2D eigenvalue weighted by Gasteiger charge is -2.25. The van der Waals surface area contributed by atoms with Crippen LogP contribution in [0.1, 0.15) is 44.0 Å². The molecule has 0 fully saturated rings. The molecule has 22 heavy (non-hydrogen) atoms. The summed E-state index contributed by atoms with van der Waals surface area (Å²) in [5.74, 6) is 0.845. The Kier molecular flexibility index (Phi) is 5.33. The van der Waals surface area contributed by atoms with Gasteiger partial charge in [0.25, 0.3) is 0 Å². The molecule has 0 saturated heterocycles. The second-order valence-electron chi connectivity index (χ2n) is 5.74. The molecule has 0 aliphatic rings. The lowest BCUT2D eigenvalue weighted by atomic mass is 10.0. The minimum atomic E-state index is -0.328. The number of nitrogens with one attached hydrogen (secondary N) is 2. The topological polar surface area (TPSA) is 61.0 Å². The minimum absolute atomic E-state index is 0.0719. The summed E-state index contributed by atoms with van der Waals surface area (Å²) in [5, 5.41) is 10.0. The lowest BCUT2D eigenvalue weighted by Crippen LogP contribution is -2.34. The zero-order valence-electron chi connectivity index (χ0n) is 13.6. The van der Waals surface area contributed by atoms with E-state index >= 15 is 0 Å². The van der Waals surface area contributed by atoms with Crippen LogP contribution in [0.15, 0.2) is 36.4 Å². The van der Waals surface area contributed by atoms with Crippen molar-refractivity contribution in [1.29, 1.82) is 0 Å². The van der Waals surface area contributed by atoms with Gasteiger partial charge in [-0.1, -0.05) is 51.1 Å². The molecule has 2 rings (SSSR count). The van der Waals surface area contributed by atoms with Crippen LogP contribution in [0.4, 0.5) is 5.82 Å². The van der Waals surface area contributed by atoms with Crippen LogP contribution in [-0.4, -0.2) is 34.6 Å². The molecule has 2 N–H and O–H groups in total. The van der Waals surface area contributed by atoms with Crippen LogP contribution in [0.2, 0.25) is 0 Å². The molecule has 2 aromatic rings. The van der Waals surface area contributed by atoms with Crippen LogP contribution >= 0.6 is 0 Å². The van der Waals surface area contributed by atoms with Crippen LogP contribution in [-0.2, 0) is 4.79 Å². The number of H-pyrrole nitrogens is 1. The SMILES string of the molecule is CCN(C)C(C(=O)Nc1cc(C(C)C)[nH]n1)c1ccccc1. The average Bonchev–Trinajstić information content (AvgIpc) is 2.97. The number of carbonyl (C=O) groups excluding carboxylic acids is 1. The predicted molar refractivity (Wildman–Crippen MR) is 88.8 cm³/mol. The number of likely N-dealkylation sites (N-methyl/N-ethyl adjacent to an activating group) is 1. The molecule has 1 unspecified atom stereocenters. The van der Waals surface area contributed by atoms with Gasteiger partial charge < -0.3 is 5.32 Å². The molecule has 5 heteroatoms. The van der Waals surface area contributed by atoms with E-state index in [1.165, 1.54) is 0 Å². The fourth-order valence-corrected chi connectivity index (χ4v) is 2.31. The molecule has 0 aliphatic carbocycles. The molecule has 1 aromatic carbocycles. The number of benzene rings is 1. The van der Waals surface area contributed by atoms with Crippen molar-refractivity contribution < 1.29 is 4.79 Å². The predicted octanol–water partition coefficient (Wildman–Crippen LogP) is 3.16. The van der Waals surface area contributed by atoms with Crippen molar-refractivity contribution in [3.63, 3.8) is 0 Å². The summed E-state index contributed by atoms with van der Waals surface area (Å²) in [6, 6.07) is 11.4. The molecule has 0 bridgehead atoms. The first kappa shape index (κ1) is 16.2.